The number of nitro groups is 1. The molecule has 0 saturated carbocycles. The third kappa shape index (κ3) is 3.08. The number of rotatable bonds is 3. The second-order valence-corrected chi connectivity index (χ2v) is 4.83. The largest absolute Gasteiger partial charge is 0.438 e. The predicted octanol–water partition coefficient (Wildman–Crippen LogP) is 4.04. The van der Waals surface area contributed by atoms with Crippen molar-refractivity contribution in [3.8, 4) is 11.6 Å². The van der Waals surface area contributed by atoms with E-state index in [1.165, 1.54) is 12.1 Å². The average Bonchev–Trinajstić information content (AvgIpc) is 2.31. The van der Waals surface area contributed by atoms with E-state index >= 15 is 0 Å². The van der Waals surface area contributed by atoms with Crippen LogP contribution in [0.4, 0.5) is 5.69 Å². The van der Waals surface area contributed by atoms with Crippen molar-refractivity contribution in [1.29, 1.82) is 0 Å². The van der Waals surface area contributed by atoms with Gasteiger partial charge in [0.1, 0.15) is 10.9 Å². The van der Waals surface area contributed by atoms with Crippen molar-refractivity contribution in [2.24, 2.45) is 0 Å². The average molecular weight is 377 g/mol. The molecule has 92 valence electrons. The molecule has 0 aliphatic carbocycles. The lowest BCUT2D eigenvalue weighted by Gasteiger charge is -2.06. The zero-order valence-corrected chi connectivity index (χ0v) is 11.8. The zero-order chi connectivity index (χ0) is 13.1. The fourth-order valence-corrected chi connectivity index (χ4v) is 1.95. The van der Waals surface area contributed by atoms with Gasteiger partial charge >= 0.3 is 0 Å². The number of aromatic nitrogens is 1. The standard InChI is InChI=1S/C11H6ClIN2O3/c12-10-5-7(15(16)17)6-11(14-10)18-9-4-2-1-3-8(9)13/h1-6H. The summed E-state index contributed by atoms with van der Waals surface area (Å²) in [5.74, 6) is 0.667. The fourth-order valence-electron chi connectivity index (χ4n) is 1.26. The van der Waals surface area contributed by atoms with Gasteiger partial charge in [-0.05, 0) is 34.7 Å². The van der Waals surface area contributed by atoms with Gasteiger partial charge in [-0.1, -0.05) is 23.7 Å². The molecule has 0 atom stereocenters. The van der Waals surface area contributed by atoms with Gasteiger partial charge in [0, 0.05) is 0 Å². The highest BCUT2D eigenvalue weighted by atomic mass is 127. The lowest BCUT2D eigenvalue weighted by Crippen LogP contribution is -1.94. The third-order valence-electron chi connectivity index (χ3n) is 2.02. The first kappa shape index (κ1) is 13.0. The highest BCUT2D eigenvalue weighted by molar-refractivity contribution is 14.1. The van der Waals surface area contributed by atoms with Crippen LogP contribution in [0.2, 0.25) is 5.15 Å². The van der Waals surface area contributed by atoms with Crippen LogP contribution in [-0.2, 0) is 0 Å². The summed E-state index contributed by atoms with van der Waals surface area (Å²) in [5.41, 5.74) is -0.157. The van der Waals surface area contributed by atoms with E-state index in [4.69, 9.17) is 16.3 Å². The van der Waals surface area contributed by atoms with E-state index in [0.717, 1.165) is 3.57 Å². The number of nitrogens with zero attached hydrogens (tertiary/aromatic N) is 2. The number of ether oxygens (including phenoxy) is 1. The predicted molar refractivity (Wildman–Crippen MR) is 75.1 cm³/mol. The Balaban J connectivity index is 2.35. The monoisotopic (exact) mass is 376 g/mol. The van der Waals surface area contributed by atoms with E-state index in [2.05, 4.69) is 27.6 Å². The highest BCUT2D eigenvalue weighted by Crippen LogP contribution is 2.28. The van der Waals surface area contributed by atoms with Gasteiger partial charge in [-0.15, -0.1) is 0 Å². The van der Waals surface area contributed by atoms with Crippen LogP contribution in [0.5, 0.6) is 11.6 Å². The molecule has 0 bridgehead atoms. The Morgan fingerprint density at radius 1 is 1.33 bits per heavy atom. The smallest absolute Gasteiger partial charge is 0.277 e. The molecule has 0 aliphatic rings. The summed E-state index contributed by atoms with van der Waals surface area (Å²) in [5, 5.41) is 10.7. The highest BCUT2D eigenvalue weighted by Gasteiger charge is 2.12. The maximum atomic E-state index is 10.7. The second-order valence-electron chi connectivity index (χ2n) is 3.28. The normalized spacial score (nSPS) is 10.1. The van der Waals surface area contributed by atoms with Crippen molar-refractivity contribution >= 4 is 39.9 Å². The maximum absolute atomic E-state index is 10.7. The Bertz CT molecular complexity index is 607. The van der Waals surface area contributed by atoms with Crippen LogP contribution >= 0.6 is 34.2 Å². The molecule has 0 spiro atoms. The number of para-hydroxylation sites is 1. The molecule has 0 radical (unpaired) electrons. The van der Waals surface area contributed by atoms with Gasteiger partial charge < -0.3 is 4.74 Å². The molecular weight excluding hydrogens is 370 g/mol. The summed E-state index contributed by atoms with van der Waals surface area (Å²) < 4.78 is 6.35. The first-order valence-corrected chi connectivity index (χ1v) is 6.26. The molecule has 0 saturated heterocycles. The number of halogens is 2. The first-order chi connectivity index (χ1) is 8.56. The summed E-state index contributed by atoms with van der Waals surface area (Å²) in [7, 11) is 0. The van der Waals surface area contributed by atoms with E-state index in [1.54, 1.807) is 12.1 Å². The van der Waals surface area contributed by atoms with Crippen LogP contribution in [0, 0.1) is 13.7 Å². The minimum absolute atomic E-state index is 0.0186. The summed E-state index contributed by atoms with van der Waals surface area (Å²) in [4.78, 5) is 14.0. The van der Waals surface area contributed by atoms with Gasteiger partial charge in [0.15, 0.2) is 0 Å². The van der Waals surface area contributed by atoms with E-state index in [9.17, 15) is 10.1 Å². The van der Waals surface area contributed by atoms with Gasteiger partial charge in [0.25, 0.3) is 5.69 Å². The number of pyridine rings is 1. The number of hydrogen-bond acceptors (Lipinski definition) is 4. The van der Waals surface area contributed by atoms with Crippen LogP contribution in [0.3, 0.4) is 0 Å². The topological polar surface area (TPSA) is 65.3 Å². The summed E-state index contributed by atoms with van der Waals surface area (Å²) in [6.07, 6.45) is 0. The van der Waals surface area contributed by atoms with Crippen molar-refractivity contribution in [1.82, 2.24) is 4.98 Å². The van der Waals surface area contributed by atoms with Gasteiger partial charge in [-0.25, -0.2) is 4.98 Å². The van der Waals surface area contributed by atoms with E-state index < -0.39 is 4.92 Å². The second kappa shape index (κ2) is 5.49. The lowest BCUT2D eigenvalue weighted by atomic mass is 10.3. The van der Waals surface area contributed by atoms with E-state index in [1.807, 2.05) is 12.1 Å². The van der Waals surface area contributed by atoms with Gasteiger partial charge in [0.2, 0.25) is 5.88 Å². The van der Waals surface area contributed by atoms with Crippen LogP contribution in [0.1, 0.15) is 0 Å². The molecule has 1 heterocycles. The van der Waals surface area contributed by atoms with Crippen molar-refractivity contribution in [3.05, 3.63) is 55.2 Å². The molecule has 0 amide bonds. The van der Waals surface area contributed by atoms with Crippen LogP contribution in [-0.4, -0.2) is 9.91 Å². The molecule has 0 aliphatic heterocycles. The van der Waals surface area contributed by atoms with E-state index in [0.29, 0.717) is 5.75 Å². The Kier molecular flexibility index (Phi) is 3.97. The molecule has 1 aromatic carbocycles. The van der Waals surface area contributed by atoms with Crippen molar-refractivity contribution in [3.63, 3.8) is 0 Å². The van der Waals surface area contributed by atoms with Crippen molar-refractivity contribution in [2.75, 3.05) is 0 Å². The van der Waals surface area contributed by atoms with Crippen LogP contribution < -0.4 is 4.74 Å². The quantitative estimate of drug-likeness (QED) is 0.351. The van der Waals surface area contributed by atoms with Crippen molar-refractivity contribution in [2.45, 2.75) is 0 Å². The molecule has 0 fully saturated rings. The summed E-state index contributed by atoms with van der Waals surface area (Å²) >= 11 is 7.80. The maximum Gasteiger partial charge on any atom is 0.277 e. The molecule has 18 heavy (non-hydrogen) atoms. The minimum atomic E-state index is -0.545. The molecule has 1 aromatic heterocycles. The minimum Gasteiger partial charge on any atom is -0.438 e. The summed E-state index contributed by atoms with van der Waals surface area (Å²) in [6.45, 7) is 0. The number of hydrogen-bond donors (Lipinski definition) is 0. The Labute approximate surface area is 121 Å². The molecule has 2 aromatic rings. The zero-order valence-electron chi connectivity index (χ0n) is 8.84. The molecular formula is C11H6ClIN2O3. The van der Waals surface area contributed by atoms with E-state index in [-0.39, 0.29) is 16.7 Å². The molecule has 7 heteroatoms. The van der Waals surface area contributed by atoms with Gasteiger partial charge in [0.05, 0.1) is 20.6 Å². The molecule has 0 unspecified atom stereocenters. The Morgan fingerprint density at radius 3 is 2.72 bits per heavy atom. The molecule has 0 N–H and O–H groups in total. The SMILES string of the molecule is O=[N+]([O-])c1cc(Cl)nc(Oc2ccccc2I)c1. The third-order valence-corrected chi connectivity index (χ3v) is 3.10. The van der Waals surface area contributed by atoms with Crippen LogP contribution in [0.25, 0.3) is 0 Å². The fraction of sp³-hybridized carbons (Fsp3) is 0. The number of benzene rings is 1. The summed E-state index contributed by atoms with van der Waals surface area (Å²) in [6, 6.07) is 9.67. The molecule has 2 rings (SSSR count). The van der Waals surface area contributed by atoms with Gasteiger partial charge in [-0.2, -0.15) is 0 Å². The van der Waals surface area contributed by atoms with Crippen LogP contribution in [0.15, 0.2) is 36.4 Å². The Hall–Kier alpha value is -1.41. The van der Waals surface area contributed by atoms with Gasteiger partial charge in [-0.3, -0.25) is 10.1 Å². The first-order valence-electron chi connectivity index (χ1n) is 4.80. The van der Waals surface area contributed by atoms with Crippen molar-refractivity contribution < 1.29 is 9.66 Å². The lowest BCUT2D eigenvalue weighted by molar-refractivity contribution is -0.385. The Morgan fingerprint density at radius 2 is 2.06 bits per heavy atom. The molecule has 5 nitrogen and oxygen atoms in total.